The van der Waals surface area contributed by atoms with Gasteiger partial charge in [0.25, 0.3) is 0 Å². The average Bonchev–Trinajstić information content (AvgIpc) is 2.45. The van der Waals surface area contributed by atoms with Crippen molar-refractivity contribution in [3.63, 3.8) is 0 Å². The Morgan fingerprint density at radius 3 is 2.71 bits per heavy atom. The van der Waals surface area contributed by atoms with Gasteiger partial charge >= 0.3 is 0 Å². The Balaban J connectivity index is 1.91. The molecule has 3 nitrogen and oxygen atoms in total. The number of hydrogen-bond acceptors (Lipinski definition) is 3. The van der Waals surface area contributed by atoms with Gasteiger partial charge in [-0.25, -0.2) is 0 Å². The van der Waals surface area contributed by atoms with Gasteiger partial charge in [-0.05, 0) is 29.8 Å². The van der Waals surface area contributed by atoms with Gasteiger partial charge in [0, 0.05) is 23.3 Å². The van der Waals surface area contributed by atoms with Gasteiger partial charge in [-0.2, -0.15) is 0 Å². The summed E-state index contributed by atoms with van der Waals surface area (Å²) < 4.78 is 6.62. The number of rotatable bonds is 6. The normalized spacial score (nSPS) is 10.9. The molecule has 0 aliphatic carbocycles. The molecule has 2 rings (SSSR count). The third-order valence-electron chi connectivity index (χ3n) is 2.87. The van der Waals surface area contributed by atoms with Crippen molar-refractivity contribution in [2.45, 2.75) is 33.0 Å². The summed E-state index contributed by atoms with van der Waals surface area (Å²) in [6.07, 6.45) is 1.87. The highest BCUT2D eigenvalue weighted by molar-refractivity contribution is 9.10. The Morgan fingerprint density at radius 1 is 1.29 bits per heavy atom. The molecule has 0 bridgehead atoms. The number of halogens is 2. The average molecular weight is 370 g/mol. The SMILES string of the molecule is CC(C)NCc1ccc(COc2ccc(Br)cc2Cl)nc1. The molecule has 1 N–H and O–H groups in total. The molecule has 2 aromatic rings. The number of hydrogen-bond donors (Lipinski definition) is 1. The Morgan fingerprint density at radius 2 is 2.10 bits per heavy atom. The predicted octanol–water partition coefficient (Wildman–Crippen LogP) is 4.57. The fourth-order valence-electron chi connectivity index (χ4n) is 1.71. The summed E-state index contributed by atoms with van der Waals surface area (Å²) >= 11 is 9.47. The molecule has 0 fully saturated rings. The van der Waals surface area contributed by atoms with Gasteiger partial charge in [-0.15, -0.1) is 0 Å². The Hall–Kier alpha value is -1.10. The summed E-state index contributed by atoms with van der Waals surface area (Å²) in [5, 5.41) is 3.94. The second-order valence-corrected chi connectivity index (χ2v) is 6.38. The summed E-state index contributed by atoms with van der Waals surface area (Å²) in [7, 11) is 0. The summed E-state index contributed by atoms with van der Waals surface area (Å²) in [5.74, 6) is 0.659. The molecular formula is C16H18BrClN2O. The van der Waals surface area contributed by atoms with E-state index in [9.17, 15) is 0 Å². The second-order valence-electron chi connectivity index (χ2n) is 5.06. The number of ether oxygens (including phenoxy) is 1. The second kappa shape index (κ2) is 7.78. The molecule has 0 amide bonds. The van der Waals surface area contributed by atoms with Gasteiger partial charge in [0.15, 0.2) is 0 Å². The minimum absolute atomic E-state index is 0.402. The molecular weight excluding hydrogens is 352 g/mol. The highest BCUT2D eigenvalue weighted by Crippen LogP contribution is 2.28. The van der Waals surface area contributed by atoms with Crippen molar-refractivity contribution < 1.29 is 4.74 Å². The third kappa shape index (κ3) is 5.30. The van der Waals surface area contributed by atoms with Crippen molar-refractivity contribution >= 4 is 27.5 Å². The van der Waals surface area contributed by atoms with E-state index in [1.165, 1.54) is 0 Å². The van der Waals surface area contributed by atoms with Crippen LogP contribution in [0.3, 0.4) is 0 Å². The van der Waals surface area contributed by atoms with E-state index in [0.29, 0.717) is 23.4 Å². The van der Waals surface area contributed by atoms with E-state index in [0.717, 1.165) is 22.3 Å². The fourth-order valence-corrected chi connectivity index (χ4v) is 2.44. The maximum absolute atomic E-state index is 6.11. The van der Waals surface area contributed by atoms with Crippen LogP contribution >= 0.6 is 27.5 Å². The maximum atomic E-state index is 6.11. The van der Waals surface area contributed by atoms with E-state index >= 15 is 0 Å². The monoisotopic (exact) mass is 368 g/mol. The van der Waals surface area contributed by atoms with Crippen molar-refractivity contribution in [2.24, 2.45) is 0 Å². The molecule has 0 aliphatic heterocycles. The van der Waals surface area contributed by atoms with Crippen LogP contribution in [-0.2, 0) is 13.2 Å². The quantitative estimate of drug-likeness (QED) is 0.809. The van der Waals surface area contributed by atoms with Crippen molar-refractivity contribution in [1.29, 1.82) is 0 Å². The van der Waals surface area contributed by atoms with E-state index in [2.05, 4.69) is 46.1 Å². The highest BCUT2D eigenvalue weighted by Gasteiger charge is 2.04. The smallest absolute Gasteiger partial charge is 0.138 e. The van der Waals surface area contributed by atoms with Crippen LogP contribution in [0, 0.1) is 0 Å². The van der Waals surface area contributed by atoms with Gasteiger partial charge in [0.05, 0.1) is 10.7 Å². The molecule has 5 heteroatoms. The van der Waals surface area contributed by atoms with Crippen LogP contribution in [0.1, 0.15) is 25.1 Å². The van der Waals surface area contributed by atoms with Crippen LogP contribution < -0.4 is 10.1 Å². The van der Waals surface area contributed by atoms with Crippen LogP contribution in [-0.4, -0.2) is 11.0 Å². The number of pyridine rings is 1. The van der Waals surface area contributed by atoms with E-state index in [-0.39, 0.29) is 0 Å². The zero-order chi connectivity index (χ0) is 15.2. The molecule has 0 saturated carbocycles. The number of benzene rings is 1. The summed E-state index contributed by atoms with van der Waals surface area (Å²) in [6.45, 7) is 5.47. The van der Waals surface area contributed by atoms with Crippen molar-refractivity contribution in [2.75, 3.05) is 0 Å². The van der Waals surface area contributed by atoms with Gasteiger partial charge in [0.2, 0.25) is 0 Å². The molecule has 1 heterocycles. The van der Waals surface area contributed by atoms with Crippen LogP contribution in [0.15, 0.2) is 41.0 Å². The fraction of sp³-hybridized carbons (Fsp3) is 0.312. The standard InChI is InChI=1S/C16H18BrClN2O/c1-11(2)19-8-12-3-5-14(20-9-12)10-21-16-6-4-13(17)7-15(16)18/h3-7,9,11,19H,8,10H2,1-2H3. The van der Waals surface area contributed by atoms with Crippen molar-refractivity contribution in [3.8, 4) is 5.75 Å². The first-order chi connectivity index (χ1) is 10.0. The number of aromatic nitrogens is 1. The van der Waals surface area contributed by atoms with E-state index in [1.54, 1.807) is 0 Å². The van der Waals surface area contributed by atoms with Gasteiger partial charge < -0.3 is 10.1 Å². The van der Waals surface area contributed by atoms with E-state index < -0.39 is 0 Å². The molecule has 1 aromatic carbocycles. The zero-order valence-corrected chi connectivity index (χ0v) is 14.4. The molecule has 1 aromatic heterocycles. The Labute approximate surface area is 138 Å². The Kier molecular flexibility index (Phi) is 6.03. The van der Waals surface area contributed by atoms with Crippen molar-refractivity contribution in [1.82, 2.24) is 10.3 Å². The maximum Gasteiger partial charge on any atom is 0.138 e. The molecule has 0 saturated heterocycles. The molecule has 0 atom stereocenters. The van der Waals surface area contributed by atoms with E-state index in [4.69, 9.17) is 16.3 Å². The minimum atomic E-state index is 0.402. The number of nitrogens with one attached hydrogen (secondary N) is 1. The van der Waals surface area contributed by atoms with Gasteiger partial charge in [-0.1, -0.05) is 47.4 Å². The van der Waals surface area contributed by atoms with E-state index in [1.807, 2.05) is 30.5 Å². The first-order valence-electron chi connectivity index (χ1n) is 6.79. The van der Waals surface area contributed by atoms with Crippen LogP contribution in [0.25, 0.3) is 0 Å². The Bertz CT molecular complexity index is 587. The minimum Gasteiger partial charge on any atom is -0.486 e. The lowest BCUT2D eigenvalue weighted by atomic mass is 10.2. The number of nitrogens with zero attached hydrogens (tertiary/aromatic N) is 1. The lowest BCUT2D eigenvalue weighted by Gasteiger charge is -2.10. The largest absolute Gasteiger partial charge is 0.486 e. The lowest BCUT2D eigenvalue weighted by molar-refractivity contribution is 0.301. The summed E-state index contributed by atoms with van der Waals surface area (Å²) in [5.41, 5.74) is 2.04. The first-order valence-corrected chi connectivity index (χ1v) is 7.96. The molecule has 0 spiro atoms. The predicted molar refractivity (Wildman–Crippen MR) is 89.7 cm³/mol. The molecule has 0 aliphatic rings. The topological polar surface area (TPSA) is 34.1 Å². The van der Waals surface area contributed by atoms with Crippen LogP contribution in [0.5, 0.6) is 5.75 Å². The lowest BCUT2D eigenvalue weighted by Crippen LogP contribution is -2.21. The highest BCUT2D eigenvalue weighted by atomic mass is 79.9. The summed E-state index contributed by atoms with van der Waals surface area (Å²) in [4.78, 5) is 4.40. The summed E-state index contributed by atoms with van der Waals surface area (Å²) in [6, 6.07) is 10.1. The zero-order valence-electron chi connectivity index (χ0n) is 12.1. The molecule has 112 valence electrons. The van der Waals surface area contributed by atoms with Crippen LogP contribution in [0.4, 0.5) is 0 Å². The van der Waals surface area contributed by atoms with Crippen molar-refractivity contribution in [3.05, 3.63) is 57.3 Å². The van der Waals surface area contributed by atoms with Crippen LogP contribution in [0.2, 0.25) is 5.02 Å². The molecule has 0 unspecified atom stereocenters. The van der Waals surface area contributed by atoms with Gasteiger partial charge in [-0.3, -0.25) is 4.98 Å². The van der Waals surface area contributed by atoms with Gasteiger partial charge in [0.1, 0.15) is 12.4 Å². The third-order valence-corrected chi connectivity index (χ3v) is 3.66. The molecule has 21 heavy (non-hydrogen) atoms. The molecule has 0 radical (unpaired) electrons. The first kappa shape index (κ1) is 16.3.